The maximum atomic E-state index is 12.0. The SMILES string of the molecule is Nc1ccccc1C(=O)Nc1ccccc1Br. The van der Waals surface area contributed by atoms with Crippen LogP contribution in [0.15, 0.2) is 53.0 Å². The van der Waals surface area contributed by atoms with E-state index in [-0.39, 0.29) is 5.91 Å². The van der Waals surface area contributed by atoms with Crippen LogP contribution in [-0.2, 0) is 0 Å². The first kappa shape index (κ1) is 11.7. The number of nitrogens with two attached hydrogens (primary N) is 1. The van der Waals surface area contributed by atoms with Crippen LogP contribution in [0.1, 0.15) is 10.4 Å². The van der Waals surface area contributed by atoms with Crippen LogP contribution in [0.25, 0.3) is 0 Å². The van der Waals surface area contributed by atoms with E-state index in [9.17, 15) is 4.79 Å². The lowest BCUT2D eigenvalue weighted by molar-refractivity contribution is 0.102. The summed E-state index contributed by atoms with van der Waals surface area (Å²) >= 11 is 3.37. The molecule has 86 valence electrons. The molecule has 3 N–H and O–H groups in total. The number of rotatable bonds is 2. The first-order valence-corrected chi connectivity index (χ1v) is 5.88. The highest BCUT2D eigenvalue weighted by Gasteiger charge is 2.10. The van der Waals surface area contributed by atoms with Gasteiger partial charge in [-0.2, -0.15) is 0 Å². The van der Waals surface area contributed by atoms with Crippen LogP contribution in [0.3, 0.4) is 0 Å². The minimum atomic E-state index is -0.213. The fraction of sp³-hybridized carbons (Fsp3) is 0. The van der Waals surface area contributed by atoms with Gasteiger partial charge in [0.1, 0.15) is 0 Å². The predicted octanol–water partition coefficient (Wildman–Crippen LogP) is 3.28. The number of nitrogen functional groups attached to an aromatic ring is 1. The molecule has 2 aromatic rings. The second-order valence-corrected chi connectivity index (χ2v) is 4.38. The molecule has 1 amide bonds. The number of hydrogen-bond acceptors (Lipinski definition) is 2. The number of benzene rings is 2. The van der Waals surface area contributed by atoms with E-state index in [1.54, 1.807) is 24.3 Å². The Labute approximate surface area is 108 Å². The van der Waals surface area contributed by atoms with Crippen molar-refractivity contribution in [2.75, 3.05) is 11.1 Å². The van der Waals surface area contributed by atoms with Crippen molar-refractivity contribution >= 4 is 33.2 Å². The molecule has 0 saturated carbocycles. The molecule has 0 aliphatic heterocycles. The standard InChI is InChI=1S/C13H11BrN2O/c14-10-6-2-4-8-12(10)16-13(17)9-5-1-3-7-11(9)15/h1-8H,15H2,(H,16,17). The summed E-state index contributed by atoms with van der Waals surface area (Å²) in [5.74, 6) is -0.213. The van der Waals surface area contributed by atoms with Crippen molar-refractivity contribution in [2.45, 2.75) is 0 Å². The Morgan fingerprint density at radius 1 is 1.06 bits per heavy atom. The molecular weight excluding hydrogens is 280 g/mol. The zero-order valence-corrected chi connectivity index (χ0v) is 10.6. The maximum absolute atomic E-state index is 12.0. The minimum absolute atomic E-state index is 0.213. The first-order valence-electron chi connectivity index (χ1n) is 5.09. The van der Waals surface area contributed by atoms with Gasteiger partial charge in [0.25, 0.3) is 5.91 Å². The quantitative estimate of drug-likeness (QED) is 0.834. The molecule has 0 bridgehead atoms. The number of para-hydroxylation sites is 2. The molecule has 0 fully saturated rings. The molecule has 0 radical (unpaired) electrons. The van der Waals surface area contributed by atoms with E-state index >= 15 is 0 Å². The number of carbonyl (C=O) groups excluding carboxylic acids is 1. The second kappa shape index (κ2) is 5.01. The molecule has 0 heterocycles. The van der Waals surface area contributed by atoms with Crippen LogP contribution in [0, 0.1) is 0 Å². The molecule has 0 unspecified atom stereocenters. The Morgan fingerprint density at radius 3 is 2.41 bits per heavy atom. The van der Waals surface area contributed by atoms with Gasteiger partial charge in [-0.1, -0.05) is 24.3 Å². The topological polar surface area (TPSA) is 55.1 Å². The molecule has 0 atom stereocenters. The lowest BCUT2D eigenvalue weighted by atomic mass is 10.1. The second-order valence-electron chi connectivity index (χ2n) is 3.52. The van der Waals surface area contributed by atoms with Crippen LogP contribution in [-0.4, -0.2) is 5.91 Å². The Balaban J connectivity index is 2.24. The smallest absolute Gasteiger partial charge is 0.257 e. The summed E-state index contributed by atoms with van der Waals surface area (Å²) < 4.78 is 0.836. The van der Waals surface area contributed by atoms with Gasteiger partial charge in [-0.25, -0.2) is 0 Å². The Hall–Kier alpha value is -1.81. The van der Waals surface area contributed by atoms with Gasteiger partial charge in [-0.15, -0.1) is 0 Å². The zero-order chi connectivity index (χ0) is 12.3. The largest absolute Gasteiger partial charge is 0.398 e. The van der Waals surface area contributed by atoms with E-state index in [4.69, 9.17) is 5.73 Å². The summed E-state index contributed by atoms with van der Waals surface area (Å²) in [5, 5.41) is 2.80. The number of carbonyl (C=O) groups is 1. The van der Waals surface area contributed by atoms with Crippen LogP contribution in [0.2, 0.25) is 0 Å². The summed E-state index contributed by atoms with van der Waals surface area (Å²) in [6, 6.07) is 14.4. The van der Waals surface area contributed by atoms with Crippen LogP contribution < -0.4 is 11.1 Å². The van der Waals surface area contributed by atoms with Crippen LogP contribution in [0.4, 0.5) is 11.4 Å². The first-order chi connectivity index (χ1) is 8.18. The van der Waals surface area contributed by atoms with Crippen molar-refractivity contribution in [1.82, 2.24) is 0 Å². The molecule has 3 nitrogen and oxygen atoms in total. The third kappa shape index (κ3) is 2.65. The van der Waals surface area contributed by atoms with Gasteiger partial charge in [0.15, 0.2) is 0 Å². The summed E-state index contributed by atoms with van der Waals surface area (Å²) in [6.45, 7) is 0. The van der Waals surface area contributed by atoms with Gasteiger partial charge >= 0.3 is 0 Å². The van der Waals surface area contributed by atoms with E-state index in [1.165, 1.54) is 0 Å². The third-order valence-corrected chi connectivity index (χ3v) is 3.02. The summed E-state index contributed by atoms with van der Waals surface area (Å²) in [4.78, 5) is 12.0. The Kier molecular flexibility index (Phi) is 3.44. The van der Waals surface area contributed by atoms with E-state index in [0.29, 0.717) is 11.3 Å². The average Bonchev–Trinajstić information content (AvgIpc) is 2.32. The molecule has 2 aromatic carbocycles. The van der Waals surface area contributed by atoms with E-state index in [2.05, 4.69) is 21.2 Å². The number of nitrogens with one attached hydrogen (secondary N) is 1. The van der Waals surface area contributed by atoms with Gasteiger partial charge in [-0.05, 0) is 40.2 Å². The molecule has 4 heteroatoms. The molecule has 0 aromatic heterocycles. The van der Waals surface area contributed by atoms with Gasteiger partial charge in [-0.3, -0.25) is 4.79 Å². The molecule has 17 heavy (non-hydrogen) atoms. The van der Waals surface area contributed by atoms with Gasteiger partial charge in [0.2, 0.25) is 0 Å². The van der Waals surface area contributed by atoms with Crippen LogP contribution in [0.5, 0.6) is 0 Å². The van der Waals surface area contributed by atoms with Crippen molar-refractivity contribution in [3.05, 3.63) is 58.6 Å². The minimum Gasteiger partial charge on any atom is -0.398 e. The lowest BCUT2D eigenvalue weighted by Gasteiger charge is -2.08. The fourth-order valence-corrected chi connectivity index (χ4v) is 1.84. The molecule has 0 saturated heterocycles. The summed E-state index contributed by atoms with van der Waals surface area (Å²) in [6.07, 6.45) is 0. The number of hydrogen-bond donors (Lipinski definition) is 2. The van der Waals surface area contributed by atoms with E-state index in [1.807, 2.05) is 24.3 Å². The normalized spacial score (nSPS) is 9.94. The van der Waals surface area contributed by atoms with E-state index in [0.717, 1.165) is 10.2 Å². The highest BCUT2D eigenvalue weighted by Crippen LogP contribution is 2.22. The van der Waals surface area contributed by atoms with Gasteiger partial charge in [0.05, 0.1) is 11.3 Å². The number of halogens is 1. The van der Waals surface area contributed by atoms with Crippen molar-refractivity contribution in [2.24, 2.45) is 0 Å². The average molecular weight is 291 g/mol. The number of anilines is 2. The van der Waals surface area contributed by atoms with Gasteiger partial charge in [0, 0.05) is 10.2 Å². The van der Waals surface area contributed by atoms with Crippen LogP contribution >= 0.6 is 15.9 Å². The Bertz CT molecular complexity index is 555. The van der Waals surface area contributed by atoms with Crippen molar-refractivity contribution < 1.29 is 4.79 Å². The van der Waals surface area contributed by atoms with Crippen molar-refractivity contribution in [3.8, 4) is 0 Å². The fourth-order valence-electron chi connectivity index (χ4n) is 1.46. The predicted molar refractivity (Wildman–Crippen MR) is 72.9 cm³/mol. The summed E-state index contributed by atoms with van der Waals surface area (Å²) in [7, 11) is 0. The molecule has 0 spiro atoms. The lowest BCUT2D eigenvalue weighted by Crippen LogP contribution is -2.14. The summed E-state index contributed by atoms with van der Waals surface area (Å²) in [5.41, 5.74) is 7.41. The number of amides is 1. The van der Waals surface area contributed by atoms with Crippen molar-refractivity contribution in [3.63, 3.8) is 0 Å². The van der Waals surface area contributed by atoms with Crippen molar-refractivity contribution in [1.29, 1.82) is 0 Å². The highest BCUT2D eigenvalue weighted by molar-refractivity contribution is 9.10. The molecule has 2 rings (SSSR count). The van der Waals surface area contributed by atoms with E-state index < -0.39 is 0 Å². The zero-order valence-electron chi connectivity index (χ0n) is 8.98. The molecule has 0 aliphatic rings. The Morgan fingerprint density at radius 2 is 1.71 bits per heavy atom. The third-order valence-electron chi connectivity index (χ3n) is 2.33. The maximum Gasteiger partial charge on any atom is 0.257 e. The monoisotopic (exact) mass is 290 g/mol. The van der Waals surface area contributed by atoms with Gasteiger partial charge < -0.3 is 11.1 Å². The highest BCUT2D eigenvalue weighted by atomic mass is 79.9. The molecule has 0 aliphatic carbocycles. The molecular formula is C13H11BrN2O.